The Morgan fingerprint density at radius 2 is 1.91 bits per heavy atom. The van der Waals surface area contributed by atoms with E-state index in [9.17, 15) is 8.42 Å². The lowest BCUT2D eigenvalue weighted by Crippen LogP contribution is -2.52. The molecule has 2 saturated carbocycles. The number of primary sulfonamides is 1. The quantitative estimate of drug-likeness (QED) is 0.892. The number of rotatable bonds is 3. The van der Waals surface area contributed by atoms with E-state index >= 15 is 0 Å². The molecule has 23 heavy (non-hydrogen) atoms. The molecule has 0 amide bonds. The van der Waals surface area contributed by atoms with Gasteiger partial charge in [0.2, 0.25) is 10.0 Å². The lowest BCUT2D eigenvalue weighted by molar-refractivity contribution is 0.134. The maximum Gasteiger partial charge on any atom is 0.241 e. The van der Waals surface area contributed by atoms with Gasteiger partial charge in [0.15, 0.2) is 0 Å². The van der Waals surface area contributed by atoms with Crippen molar-refractivity contribution in [3.05, 3.63) is 18.3 Å². The largest absolute Gasteiger partial charge is 0.353 e. The molecule has 1 saturated heterocycles. The van der Waals surface area contributed by atoms with Crippen molar-refractivity contribution in [2.24, 2.45) is 17.0 Å². The van der Waals surface area contributed by atoms with Gasteiger partial charge in [0, 0.05) is 38.4 Å². The number of nitrogens with two attached hydrogens (primary N) is 1. The van der Waals surface area contributed by atoms with Crippen LogP contribution in [0, 0.1) is 11.8 Å². The summed E-state index contributed by atoms with van der Waals surface area (Å²) in [5, 5.41) is 5.33. The van der Waals surface area contributed by atoms with Gasteiger partial charge < -0.3 is 4.90 Å². The van der Waals surface area contributed by atoms with E-state index in [1.165, 1.54) is 25.7 Å². The van der Waals surface area contributed by atoms with E-state index in [1.54, 1.807) is 18.3 Å². The highest BCUT2D eigenvalue weighted by atomic mass is 32.2. The number of anilines is 1. The summed E-state index contributed by atoms with van der Waals surface area (Å²) in [5.41, 5.74) is 0. The first-order chi connectivity index (χ1) is 11.0. The van der Waals surface area contributed by atoms with Crippen molar-refractivity contribution < 1.29 is 8.42 Å². The van der Waals surface area contributed by atoms with E-state index in [-0.39, 0.29) is 4.90 Å². The summed E-state index contributed by atoms with van der Waals surface area (Å²) in [6, 6.07) is 3.91. The number of hydrogen-bond acceptors (Lipinski definition) is 5. The molecular formula is C16H24N4O2S. The zero-order valence-electron chi connectivity index (χ0n) is 13.3. The van der Waals surface area contributed by atoms with E-state index in [2.05, 4.69) is 14.8 Å². The summed E-state index contributed by atoms with van der Waals surface area (Å²) in [4.78, 5) is 9.08. The second kappa shape index (κ2) is 5.72. The number of fused-ring (bicyclic) bond motifs is 2. The lowest BCUT2D eigenvalue weighted by Gasteiger charge is -2.41. The summed E-state index contributed by atoms with van der Waals surface area (Å²) >= 11 is 0. The van der Waals surface area contributed by atoms with E-state index in [1.807, 2.05) is 0 Å². The summed E-state index contributed by atoms with van der Waals surface area (Å²) in [7, 11) is -3.74. The Balaban J connectivity index is 1.46. The first kappa shape index (κ1) is 15.4. The Morgan fingerprint density at radius 3 is 2.52 bits per heavy atom. The maximum absolute atomic E-state index is 11.8. The fourth-order valence-corrected chi connectivity index (χ4v) is 5.47. The van der Waals surface area contributed by atoms with E-state index in [4.69, 9.17) is 5.14 Å². The molecule has 0 aromatic carbocycles. The molecule has 126 valence electrons. The minimum Gasteiger partial charge on any atom is -0.353 e. The van der Waals surface area contributed by atoms with Crippen molar-refractivity contribution in [2.45, 2.75) is 36.6 Å². The SMILES string of the molecule is NS(=O)(=O)c1cccnc1N1CCN(C2CC3CCC2C3)CC1. The summed E-state index contributed by atoms with van der Waals surface area (Å²) in [6.07, 6.45) is 7.22. The fraction of sp³-hybridized carbons (Fsp3) is 0.688. The van der Waals surface area contributed by atoms with Crippen LogP contribution in [-0.4, -0.2) is 50.5 Å². The van der Waals surface area contributed by atoms with Crippen LogP contribution in [0.15, 0.2) is 23.2 Å². The summed E-state index contributed by atoms with van der Waals surface area (Å²) in [6.45, 7) is 3.59. The van der Waals surface area contributed by atoms with Crippen molar-refractivity contribution in [2.75, 3.05) is 31.1 Å². The highest BCUT2D eigenvalue weighted by Crippen LogP contribution is 2.46. The zero-order chi connectivity index (χ0) is 16.0. The molecule has 3 unspecified atom stereocenters. The van der Waals surface area contributed by atoms with Gasteiger partial charge in [-0.25, -0.2) is 18.5 Å². The molecule has 0 radical (unpaired) electrons. The van der Waals surface area contributed by atoms with E-state index in [0.717, 1.165) is 44.1 Å². The van der Waals surface area contributed by atoms with Crippen LogP contribution in [0.2, 0.25) is 0 Å². The number of piperazine rings is 1. The average Bonchev–Trinajstić information content (AvgIpc) is 3.17. The van der Waals surface area contributed by atoms with Crippen LogP contribution in [0.5, 0.6) is 0 Å². The molecule has 1 aromatic rings. The topological polar surface area (TPSA) is 79.5 Å². The van der Waals surface area contributed by atoms with Gasteiger partial charge in [0.1, 0.15) is 10.7 Å². The minimum atomic E-state index is -3.74. The molecule has 4 rings (SSSR count). The minimum absolute atomic E-state index is 0.133. The van der Waals surface area contributed by atoms with Crippen LogP contribution < -0.4 is 10.0 Å². The molecule has 2 N–H and O–H groups in total. The number of hydrogen-bond donors (Lipinski definition) is 1. The Labute approximate surface area is 137 Å². The maximum atomic E-state index is 11.8. The Hall–Kier alpha value is -1.18. The van der Waals surface area contributed by atoms with Gasteiger partial charge >= 0.3 is 0 Å². The van der Waals surface area contributed by atoms with Gasteiger partial charge in [-0.15, -0.1) is 0 Å². The first-order valence-electron chi connectivity index (χ1n) is 8.49. The summed E-state index contributed by atoms with van der Waals surface area (Å²) in [5.74, 6) is 2.34. The van der Waals surface area contributed by atoms with E-state index in [0.29, 0.717) is 5.82 Å². The normalized spacial score (nSPS) is 31.7. The molecule has 3 fully saturated rings. The molecule has 1 aromatic heterocycles. The van der Waals surface area contributed by atoms with Crippen LogP contribution in [0.4, 0.5) is 5.82 Å². The highest BCUT2D eigenvalue weighted by Gasteiger charge is 2.42. The third kappa shape index (κ3) is 2.86. The smallest absolute Gasteiger partial charge is 0.241 e. The predicted octanol–water partition coefficient (Wildman–Crippen LogP) is 1.04. The van der Waals surface area contributed by atoms with Crippen LogP contribution in [-0.2, 0) is 10.0 Å². The number of nitrogens with zero attached hydrogens (tertiary/aromatic N) is 3. The van der Waals surface area contributed by atoms with Crippen molar-refractivity contribution in [3.63, 3.8) is 0 Å². The van der Waals surface area contributed by atoms with Gasteiger partial charge in [0.05, 0.1) is 0 Å². The third-order valence-corrected chi connectivity index (χ3v) is 6.77. The monoisotopic (exact) mass is 336 g/mol. The summed E-state index contributed by atoms with van der Waals surface area (Å²) < 4.78 is 23.5. The van der Waals surface area contributed by atoms with Crippen molar-refractivity contribution in [1.82, 2.24) is 9.88 Å². The fourth-order valence-electron chi connectivity index (χ4n) is 4.77. The van der Waals surface area contributed by atoms with Gasteiger partial charge in [-0.2, -0.15) is 0 Å². The molecule has 7 heteroatoms. The first-order valence-corrected chi connectivity index (χ1v) is 10.0. The third-order valence-electron chi connectivity index (χ3n) is 5.84. The van der Waals surface area contributed by atoms with Gasteiger partial charge in [-0.1, -0.05) is 6.42 Å². The molecule has 3 atom stereocenters. The van der Waals surface area contributed by atoms with Crippen LogP contribution in [0.25, 0.3) is 0 Å². The number of aromatic nitrogens is 1. The van der Waals surface area contributed by atoms with Crippen LogP contribution >= 0.6 is 0 Å². The van der Waals surface area contributed by atoms with Crippen molar-refractivity contribution in [3.8, 4) is 0 Å². The standard InChI is InChI=1S/C16H24N4O2S/c17-23(21,22)15-2-1-5-18-16(15)20-8-6-19(7-9-20)14-11-12-3-4-13(14)10-12/h1-2,5,12-14H,3-4,6-11H2,(H2,17,21,22). The van der Waals surface area contributed by atoms with Crippen molar-refractivity contribution >= 4 is 15.8 Å². The van der Waals surface area contributed by atoms with Crippen LogP contribution in [0.3, 0.4) is 0 Å². The molecule has 2 bridgehead atoms. The number of sulfonamides is 1. The molecule has 2 heterocycles. The van der Waals surface area contributed by atoms with E-state index < -0.39 is 10.0 Å². The lowest BCUT2D eigenvalue weighted by atomic mass is 9.93. The molecule has 0 spiro atoms. The zero-order valence-corrected chi connectivity index (χ0v) is 14.1. The molecular weight excluding hydrogens is 312 g/mol. The average molecular weight is 336 g/mol. The molecule has 1 aliphatic heterocycles. The second-order valence-corrected chi connectivity index (χ2v) is 8.67. The Kier molecular flexibility index (Phi) is 3.82. The Bertz CT molecular complexity index is 685. The predicted molar refractivity (Wildman–Crippen MR) is 88.6 cm³/mol. The molecule has 3 aliphatic rings. The van der Waals surface area contributed by atoms with Crippen LogP contribution in [0.1, 0.15) is 25.7 Å². The van der Waals surface area contributed by atoms with Crippen molar-refractivity contribution in [1.29, 1.82) is 0 Å². The van der Waals surface area contributed by atoms with Gasteiger partial charge in [-0.05, 0) is 43.2 Å². The second-order valence-electron chi connectivity index (χ2n) is 7.14. The molecule has 6 nitrogen and oxygen atoms in total. The molecule has 2 aliphatic carbocycles. The Morgan fingerprint density at radius 1 is 1.13 bits per heavy atom. The highest BCUT2D eigenvalue weighted by molar-refractivity contribution is 7.89. The number of pyridine rings is 1. The van der Waals surface area contributed by atoms with Gasteiger partial charge in [0.25, 0.3) is 0 Å². The van der Waals surface area contributed by atoms with Gasteiger partial charge in [-0.3, -0.25) is 4.90 Å².